The Morgan fingerprint density at radius 2 is 2.00 bits per heavy atom. The first-order valence-corrected chi connectivity index (χ1v) is 9.74. The van der Waals surface area contributed by atoms with Gasteiger partial charge in [-0.3, -0.25) is 9.59 Å². The highest BCUT2D eigenvalue weighted by molar-refractivity contribution is 7.14. The maximum absolute atomic E-state index is 13.0. The molecule has 4 aromatic rings. The average Bonchev–Trinajstić information content (AvgIpc) is 3.38. The van der Waals surface area contributed by atoms with E-state index in [1.165, 1.54) is 47.1 Å². The number of aryl methyl sites for hydroxylation is 1. The standard InChI is InChI=1S/C22H20N4O2S/c1-13-8-9-20(29-13)21(28)17-12-24-26-19(10-11-23-22(17)26)16-6-5-7-18(14(16)2)25(4)15(3)27/h5-12H,1-4H3/i5D,6D,7D. The number of fused-ring (bicyclic) bond motifs is 1. The molecule has 0 aliphatic rings. The van der Waals surface area contributed by atoms with Crippen LogP contribution in [0.2, 0.25) is 0 Å². The first kappa shape index (κ1) is 15.6. The number of nitrogens with zero attached hydrogens (tertiary/aromatic N) is 4. The van der Waals surface area contributed by atoms with Crippen molar-refractivity contribution in [2.75, 3.05) is 11.9 Å². The van der Waals surface area contributed by atoms with Crippen molar-refractivity contribution in [3.63, 3.8) is 0 Å². The summed E-state index contributed by atoms with van der Waals surface area (Å²) in [5.41, 5.74) is 2.23. The second kappa shape index (κ2) is 7.25. The van der Waals surface area contributed by atoms with E-state index in [2.05, 4.69) is 10.1 Å². The SMILES string of the molecule is [2H]c1c([2H])c(-c2ccnc3c(C(=O)c4ccc(C)s4)cnn23)c(C)c(N(C)C(C)=O)c1[2H]. The first-order valence-electron chi connectivity index (χ1n) is 10.4. The van der Waals surface area contributed by atoms with E-state index in [1.54, 1.807) is 19.1 Å². The summed E-state index contributed by atoms with van der Waals surface area (Å²) in [5, 5.41) is 4.36. The normalized spacial score (nSPS) is 12.5. The van der Waals surface area contributed by atoms with Gasteiger partial charge < -0.3 is 4.90 Å². The zero-order chi connectivity index (χ0) is 23.3. The Morgan fingerprint density at radius 1 is 1.21 bits per heavy atom. The van der Waals surface area contributed by atoms with Gasteiger partial charge in [-0.25, -0.2) is 9.50 Å². The fourth-order valence-electron chi connectivity index (χ4n) is 3.14. The Kier molecular flexibility index (Phi) is 3.90. The lowest BCUT2D eigenvalue weighted by Gasteiger charge is -2.20. The molecule has 0 unspecified atom stereocenters. The molecule has 0 N–H and O–H groups in total. The van der Waals surface area contributed by atoms with E-state index < -0.39 is 0 Å². The molecule has 29 heavy (non-hydrogen) atoms. The van der Waals surface area contributed by atoms with Crippen LogP contribution in [0.1, 0.15) is 36.7 Å². The van der Waals surface area contributed by atoms with Gasteiger partial charge in [0, 0.05) is 36.3 Å². The molecule has 0 bridgehead atoms. The lowest BCUT2D eigenvalue weighted by atomic mass is 10.0. The van der Waals surface area contributed by atoms with Gasteiger partial charge in [-0.05, 0) is 43.7 Å². The largest absolute Gasteiger partial charge is 0.315 e. The molecule has 0 aliphatic heterocycles. The molecule has 4 rings (SSSR count). The maximum Gasteiger partial charge on any atom is 0.223 e. The van der Waals surface area contributed by atoms with Crippen molar-refractivity contribution in [3.05, 3.63) is 69.6 Å². The number of hydrogen-bond acceptors (Lipinski definition) is 5. The van der Waals surface area contributed by atoms with Gasteiger partial charge in [0.1, 0.15) is 0 Å². The highest BCUT2D eigenvalue weighted by Crippen LogP contribution is 2.31. The third-order valence-electron chi connectivity index (χ3n) is 4.77. The van der Waals surface area contributed by atoms with Crippen LogP contribution in [-0.4, -0.2) is 33.3 Å². The van der Waals surface area contributed by atoms with Gasteiger partial charge in [0.2, 0.25) is 11.7 Å². The van der Waals surface area contributed by atoms with Crippen molar-refractivity contribution in [1.29, 1.82) is 0 Å². The molecule has 0 saturated carbocycles. The zero-order valence-corrected chi connectivity index (χ0v) is 17.2. The Hall–Kier alpha value is -3.32. The fourth-order valence-corrected chi connectivity index (χ4v) is 3.96. The van der Waals surface area contributed by atoms with Crippen molar-refractivity contribution >= 4 is 34.4 Å². The third kappa shape index (κ3) is 3.23. The van der Waals surface area contributed by atoms with E-state index in [0.29, 0.717) is 32.9 Å². The van der Waals surface area contributed by atoms with E-state index in [1.807, 2.05) is 13.0 Å². The number of carbonyl (C=O) groups is 2. The first-order chi connectivity index (χ1) is 15.1. The van der Waals surface area contributed by atoms with Crippen molar-refractivity contribution in [1.82, 2.24) is 14.6 Å². The smallest absolute Gasteiger partial charge is 0.223 e. The number of carbonyl (C=O) groups excluding carboxylic acids is 2. The predicted molar refractivity (Wildman–Crippen MR) is 115 cm³/mol. The van der Waals surface area contributed by atoms with Crippen LogP contribution in [0.25, 0.3) is 16.9 Å². The molecule has 0 spiro atoms. The minimum Gasteiger partial charge on any atom is -0.315 e. The molecule has 146 valence electrons. The van der Waals surface area contributed by atoms with E-state index in [9.17, 15) is 9.59 Å². The van der Waals surface area contributed by atoms with Crippen LogP contribution in [-0.2, 0) is 4.79 Å². The second-order valence-electron chi connectivity index (χ2n) is 6.66. The minimum absolute atomic E-state index is 0.155. The number of thiophene rings is 1. The number of rotatable bonds is 4. The number of ketones is 1. The van der Waals surface area contributed by atoms with E-state index in [4.69, 9.17) is 4.11 Å². The summed E-state index contributed by atoms with van der Waals surface area (Å²) in [4.78, 5) is 32.2. The van der Waals surface area contributed by atoms with Gasteiger partial charge >= 0.3 is 0 Å². The zero-order valence-electron chi connectivity index (χ0n) is 19.4. The van der Waals surface area contributed by atoms with Gasteiger partial charge in [0.25, 0.3) is 0 Å². The van der Waals surface area contributed by atoms with Crippen LogP contribution in [0, 0.1) is 13.8 Å². The molecule has 0 saturated heterocycles. The summed E-state index contributed by atoms with van der Waals surface area (Å²) >= 11 is 1.39. The van der Waals surface area contributed by atoms with Crippen LogP contribution in [0.5, 0.6) is 0 Å². The lowest BCUT2D eigenvalue weighted by Crippen LogP contribution is -2.23. The average molecular weight is 408 g/mol. The van der Waals surface area contributed by atoms with E-state index in [-0.39, 0.29) is 35.5 Å². The van der Waals surface area contributed by atoms with Gasteiger partial charge in [0.15, 0.2) is 5.65 Å². The molecule has 1 amide bonds. The molecule has 1 aromatic carbocycles. The van der Waals surface area contributed by atoms with Crippen LogP contribution in [0.4, 0.5) is 5.69 Å². The molecule has 0 atom stereocenters. The lowest BCUT2D eigenvalue weighted by molar-refractivity contribution is -0.116. The van der Waals surface area contributed by atoms with Crippen molar-refractivity contribution in [2.24, 2.45) is 0 Å². The van der Waals surface area contributed by atoms with Crippen LogP contribution >= 0.6 is 11.3 Å². The molecule has 0 radical (unpaired) electrons. The number of amides is 1. The van der Waals surface area contributed by atoms with Crippen LogP contribution < -0.4 is 4.90 Å². The minimum atomic E-state index is -0.295. The van der Waals surface area contributed by atoms with Gasteiger partial charge in [-0.1, -0.05) is 12.1 Å². The Morgan fingerprint density at radius 3 is 2.69 bits per heavy atom. The Labute approximate surface area is 176 Å². The molecular formula is C22H20N4O2S. The van der Waals surface area contributed by atoms with Crippen molar-refractivity contribution < 1.29 is 13.7 Å². The topological polar surface area (TPSA) is 67.6 Å². The Balaban J connectivity index is 1.96. The summed E-state index contributed by atoms with van der Waals surface area (Å²) in [6, 6.07) is 4.65. The van der Waals surface area contributed by atoms with E-state index >= 15 is 0 Å². The molecule has 0 fully saturated rings. The summed E-state index contributed by atoms with van der Waals surface area (Å²) < 4.78 is 26.6. The van der Waals surface area contributed by atoms with Gasteiger partial charge in [-0.15, -0.1) is 11.3 Å². The molecule has 0 aliphatic carbocycles. The monoisotopic (exact) mass is 407 g/mol. The number of aromatic nitrogens is 3. The third-order valence-corrected chi connectivity index (χ3v) is 5.77. The van der Waals surface area contributed by atoms with Crippen molar-refractivity contribution in [3.8, 4) is 11.3 Å². The molecule has 6 nitrogen and oxygen atoms in total. The highest BCUT2D eigenvalue weighted by Gasteiger charge is 2.20. The predicted octanol–water partition coefficient (Wildman–Crippen LogP) is 4.29. The van der Waals surface area contributed by atoms with Crippen molar-refractivity contribution in [2.45, 2.75) is 20.8 Å². The summed E-state index contributed by atoms with van der Waals surface area (Å²) in [6.45, 7) is 5.01. The van der Waals surface area contributed by atoms with Gasteiger partial charge in [0.05, 0.1) is 26.4 Å². The molecule has 3 aromatic heterocycles. The van der Waals surface area contributed by atoms with E-state index in [0.717, 1.165) is 4.88 Å². The fraction of sp³-hybridized carbons (Fsp3) is 0.182. The summed E-state index contributed by atoms with van der Waals surface area (Å²) in [5.74, 6) is -0.479. The Bertz CT molecular complexity index is 1410. The summed E-state index contributed by atoms with van der Waals surface area (Å²) in [6.07, 6.45) is 2.97. The highest BCUT2D eigenvalue weighted by atomic mass is 32.1. The maximum atomic E-state index is 13.0. The van der Waals surface area contributed by atoms with Crippen LogP contribution in [0.3, 0.4) is 0 Å². The second-order valence-corrected chi connectivity index (χ2v) is 7.95. The molecular weight excluding hydrogens is 384 g/mol. The van der Waals surface area contributed by atoms with Crippen LogP contribution in [0.15, 0.2) is 48.7 Å². The molecule has 3 heterocycles. The number of benzene rings is 1. The van der Waals surface area contributed by atoms with Gasteiger partial charge in [-0.2, -0.15) is 5.10 Å². The number of hydrogen-bond donors (Lipinski definition) is 0. The summed E-state index contributed by atoms with van der Waals surface area (Å²) in [7, 11) is 1.53. The quantitative estimate of drug-likeness (QED) is 0.473. The molecule has 7 heteroatoms. The number of anilines is 1.